The third kappa shape index (κ3) is 6.28. The molecule has 1 rings (SSSR count). The van der Waals surface area contributed by atoms with Gasteiger partial charge in [-0.15, -0.1) is 24.0 Å². The number of rotatable bonds is 5. The van der Waals surface area contributed by atoms with Crippen LogP contribution in [0.4, 0.5) is 0 Å². The molecule has 0 saturated carbocycles. The minimum absolute atomic E-state index is 0. The van der Waals surface area contributed by atoms with E-state index in [0.29, 0.717) is 12.0 Å². The quantitative estimate of drug-likeness (QED) is 0.479. The fourth-order valence-electron chi connectivity index (χ4n) is 1.34. The summed E-state index contributed by atoms with van der Waals surface area (Å²) in [6.07, 6.45) is 2.56. The van der Waals surface area contributed by atoms with E-state index >= 15 is 0 Å². The molecule has 0 radical (unpaired) electrons. The monoisotopic (exact) mass is 365 g/mol. The number of aliphatic imine (C=N–C) groups is 1. The molecule has 1 heterocycles. The third-order valence-electron chi connectivity index (χ3n) is 2.83. The van der Waals surface area contributed by atoms with Crippen molar-refractivity contribution in [3.63, 3.8) is 0 Å². The van der Waals surface area contributed by atoms with Crippen LogP contribution in [0.5, 0.6) is 0 Å². The number of guanidine groups is 1. The minimum atomic E-state index is 0. The van der Waals surface area contributed by atoms with Crippen molar-refractivity contribution >= 4 is 29.9 Å². The molecule has 0 fully saturated rings. The van der Waals surface area contributed by atoms with E-state index in [9.17, 15) is 0 Å². The van der Waals surface area contributed by atoms with E-state index in [1.54, 1.807) is 13.3 Å². The van der Waals surface area contributed by atoms with E-state index in [1.807, 2.05) is 12.1 Å². The molecule has 1 atom stereocenters. The molecule has 0 aromatic carbocycles. The number of nitrogens with one attached hydrogen (secondary N) is 2. The van der Waals surface area contributed by atoms with Gasteiger partial charge in [0.15, 0.2) is 5.96 Å². The fourth-order valence-corrected chi connectivity index (χ4v) is 1.34. The second-order valence-corrected chi connectivity index (χ2v) is 4.51. The summed E-state index contributed by atoms with van der Waals surface area (Å²) in [6, 6.07) is 4.29. The molecule has 18 heavy (non-hydrogen) atoms. The minimum Gasteiger partial charge on any atom is -0.469 e. The number of furan rings is 1. The van der Waals surface area contributed by atoms with Crippen LogP contribution in [-0.2, 0) is 6.42 Å². The van der Waals surface area contributed by atoms with Gasteiger partial charge in [0.25, 0.3) is 0 Å². The molecule has 5 heteroatoms. The smallest absolute Gasteiger partial charge is 0.191 e. The average molecular weight is 365 g/mol. The molecular weight excluding hydrogens is 341 g/mol. The van der Waals surface area contributed by atoms with Crippen molar-refractivity contribution in [3.05, 3.63) is 24.2 Å². The molecule has 1 unspecified atom stereocenters. The maximum atomic E-state index is 5.27. The highest BCUT2D eigenvalue weighted by atomic mass is 127. The summed E-state index contributed by atoms with van der Waals surface area (Å²) in [7, 11) is 1.79. The van der Waals surface area contributed by atoms with Crippen LogP contribution < -0.4 is 10.6 Å². The molecule has 1 aromatic heterocycles. The maximum absolute atomic E-state index is 5.27. The van der Waals surface area contributed by atoms with Crippen LogP contribution >= 0.6 is 24.0 Å². The summed E-state index contributed by atoms with van der Waals surface area (Å²) in [5, 5.41) is 6.63. The molecule has 104 valence electrons. The highest BCUT2D eigenvalue weighted by Gasteiger charge is 2.08. The molecule has 0 bridgehead atoms. The van der Waals surface area contributed by atoms with E-state index < -0.39 is 0 Å². The van der Waals surface area contributed by atoms with Crippen LogP contribution in [0.3, 0.4) is 0 Å². The molecule has 4 nitrogen and oxygen atoms in total. The maximum Gasteiger partial charge on any atom is 0.191 e. The first-order valence-electron chi connectivity index (χ1n) is 6.13. The lowest BCUT2D eigenvalue weighted by atomic mass is 10.1. The van der Waals surface area contributed by atoms with Crippen molar-refractivity contribution in [3.8, 4) is 0 Å². The second kappa shape index (κ2) is 9.24. The Kier molecular flexibility index (Phi) is 8.87. The first kappa shape index (κ1) is 17.3. The Morgan fingerprint density at radius 2 is 2.11 bits per heavy atom. The average Bonchev–Trinajstić information content (AvgIpc) is 2.80. The first-order chi connectivity index (χ1) is 8.13. The van der Waals surface area contributed by atoms with E-state index in [-0.39, 0.29) is 24.0 Å². The Labute approximate surface area is 127 Å². The zero-order chi connectivity index (χ0) is 12.7. The lowest BCUT2D eigenvalue weighted by Crippen LogP contribution is -2.44. The summed E-state index contributed by atoms with van der Waals surface area (Å²) in [5.74, 6) is 2.42. The summed E-state index contributed by atoms with van der Waals surface area (Å²) in [4.78, 5) is 4.19. The molecule has 0 saturated heterocycles. The van der Waals surface area contributed by atoms with Gasteiger partial charge in [0.1, 0.15) is 5.76 Å². The fraction of sp³-hybridized carbons (Fsp3) is 0.615. The van der Waals surface area contributed by atoms with Crippen molar-refractivity contribution in [1.82, 2.24) is 10.6 Å². The van der Waals surface area contributed by atoms with Gasteiger partial charge in [0.05, 0.1) is 6.26 Å². The van der Waals surface area contributed by atoms with E-state index in [0.717, 1.165) is 24.7 Å². The second-order valence-electron chi connectivity index (χ2n) is 4.51. The Morgan fingerprint density at radius 1 is 1.39 bits per heavy atom. The van der Waals surface area contributed by atoms with Gasteiger partial charge in [-0.05, 0) is 25.0 Å². The predicted molar refractivity (Wildman–Crippen MR) is 86.6 cm³/mol. The van der Waals surface area contributed by atoms with Gasteiger partial charge in [-0.1, -0.05) is 13.8 Å². The molecule has 0 aliphatic rings. The molecule has 0 amide bonds. The van der Waals surface area contributed by atoms with Gasteiger partial charge in [-0.25, -0.2) is 0 Å². The molecule has 0 aliphatic heterocycles. The van der Waals surface area contributed by atoms with Crippen LogP contribution in [0, 0.1) is 5.92 Å². The summed E-state index contributed by atoms with van der Waals surface area (Å²) < 4.78 is 5.27. The molecule has 1 aromatic rings. The van der Waals surface area contributed by atoms with E-state index in [4.69, 9.17) is 4.42 Å². The SMILES string of the molecule is CN=C(NCCc1ccco1)NC(C)C(C)C.I. The lowest BCUT2D eigenvalue weighted by molar-refractivity contribution is 0.478. The molecule has 0 spiro atoms. The van der Waals surface area contributed by atoms with Crippen LogP contribution in [0.1, 0.15) is 26.5 Å². The largest absolute Gasteiger partial charge is 0.469 e. The number of hydrogen-bond acceptors (Lipinski definition) is 2. The normalized spacial score (nSPS) is 13.1. The van der Waals surface area contributed by atoms with Crippen molar-refractivity contribution in [2.24, 2.45) is 10.9 Å². The summed E-state index contributed by atoms with van der Waals surface area (Å²) >= 11 is 0. The third-order valence-corrected chi connectivity index (χ3v) is 2.83. The number of halogens is 1. The van der Waals surface area contributed by atoms with Crippen LogP contribution in [0.15, 0.2) is 27.8 Å². The highest BCUT2D eigenvalue weighted by molar-refractivity contribution is 14.0. The zero-order valence-corrected chi connectivity index (χ0v) is 13.9. The van der Waals surface area contributed by atoms with Crippen LogP contribution in [-0.4, -0.2) is 25.6 Å². The van der Waals surface area contributed by atoms with Gasteiger partial charge >= 0.3 is 0 Å². The van der Waals surface area contributed by atoms with Gasteiger partial charge < -0.3 is 15.1 Å². The number of hydrogen-bond donors (Lipinski definition) is 2. The Morgan fingerprint density at radius 3 is 2.61 bits per heavy atom. The Hall–Kier alpha value is -0.720. The van der Waals surface area contributed by atoms with E-state index in [2.05, 4.69) is 36.4 Å². The lowest BCUT2D eigenvalue weighted by Gasteiger charge is -2.20. The molecule has 0 aliphatic carbocycles. The van der Waals surface area contributed by atoms with Crippen molar-refractivity contribution in [2.45, 2.75) is 33.2 Å². The van der Waals surface area contributed by atoms with Crippen molar-refractivity contribution < 1.29 is 4.42 Å². The molecular formula is C13H24IN3O. The summed E-state index contributed by atoms with van der Waals surface area (Å²) in [6.45, 7) is 7.35. The highest BCUT2D eigenvalue weighted by Crippen LogP contribution is 2.00. The van der Waals surface area contributed by atoms with E-state index in [1.165, 1.54) is 0 Å². The Bertz CT molecular complexity index is 336. The predicted octanol–water partition coefficient (Wildman–Crippen LogP) is 2.65. The zero-order valence-electron chi connectivity index (χ0n) is 11.6. The van der Waals surface area contributed by atoms with Crippen LogP contribution in [0.2, 0.25) is 0 Å². The van der Waals surface area contributed by atoms with Gasteiger partial charge in [0.2, 0.25) is 0 Å². The topological polar surface area (TPSA) is 49.6 Å². The van der Waals surface area contributed by atoms with Gasteiger partial charge in [0, 0.05) is 26.1 Å². The summed E-state index contributed by atoms with van der Waals surface area (Å²) in [5.41, 5.74) is 0. The van der Waals surface area contributed by atoms with Gasteiger partial charge in [-0.2, -0.15) is 0 Å². The standard InChI is InChI=1S/C13H23N3O.HI/c1-10(2)11(3)16-13(14-4)15-8-7-12-6-5-9-17-12;/h5-6,9-11H,7-8H2,1-4H3,(H2,14,15,16);1H. The van der Waals surface area contributed by atoms with Crippen molar-refractivity contribution in [1.29, 1.82) is 0 Å². The van der Waals surface area contributed by atoms with Crippen LogP contribution in [0.25, 0.3) is 0 Å². The number of nitrogens with zero attached hydrogens (tertiary/aromatic N) is 1. The van der Waals surface area contributed by atoms with Gasteiger partial charge in [-0.3, -0.25) is 4.99 Å². The molecule has 2 N–H and O–H groups in total. The van der Waals surface area contributed by atoms with Crippen molar-refractivity contribution in [2.75, 3.05) is 13.6 Å². The Balaban J connectivity index is 0.00000289. The first-order valence-corrected chi connectivity index (χ1v) is 6.13.